The molecule has 5 nitrogen and oxygen atoms in total. The van der Waals surface area contributed by atoms with Crippen molar-refractivity contribution in [3.05, 3.63) is 55.2 Å². The highest BCUT2D eigenvalue weighted by molar-refractivity contribution is 9.11. The summed E-state index contributed by atoms with van der Waals surface area (Å²) in [5.74, 6) is 0. The minimum atomic E-state index is -0.429. The molecule has 0 atom stereocenters. The van der Waals surface area contributed by atoms with Gasteiger partial charge in [-0.05, 0) is 47.1 Å². The Hall–Kier alpha value is -1.73. The van der Waals surface area contributed by atoms with Gasteiger partial charge in [0.1, 0.15) is 0 Å². The number of nitro benzene ring substituents is 1. The van der Waals surface area contributed by atoms with Crippen LogP contribution in [0.3, 0.4) is 0 Å². The van der Waals surface area contributed by atoms with E-state index >= 15 is 0 Å². The maximum absolute atomic E-state index is 10.5. The number of nitrogens with one attached hydrogen (secondary N) is 1. The normalized spacial score (nSPS) is 11.4. The molecule has 0 fully saturated rings. The third-order valence-corrected chi connectivity index (χ3v) is 4.09. The molecule has 7 heteroatoms. The molecule has 0 amide bonds. The summed E-state index contributed by atoms with van der Waals surface area (Å²) < 4.78 is 1.05. The molecule has 0 aliphatic carbocycles. The predicted octanol–water partition coefficient (Wildman–Crippen LogP) is 4.25. The molecule has 0 spiro atoms. The van der Waals surface area contributed by atoms with E-state index in [0.717, 1.165) is 14.4 Å². The highest BCUT2D eigenvalue weighted by atomic mass is 79.9. The number of hydrogen-bond donors (Lipinski definition) is 1. The van der Waals surface area contributed by atoms with E-state index in [-0.39, 0.29) is 5.69 Å². The van der Waals surface area contributed by atoms with Crippen LogP contribution in [0, 0.1) is 10.1 Å². The molecule has 1 N–H and O–H groups in total. The standard InChI is InChI=1S/C12H10BrN3O2S/c1-8(11-6-7-12(13)19-11)14-15-9-2-4-10(5-3-9)16(17)18/h2-7,15H,1H3/b14-8+. The Balaban J connectivity index is 2.07. The Bertz CT molecular complexity index is 622. The lowest BCUT2D eigenvalue weighted by atomic mass is 10.3. The van der Waals surface area contributed by atoms with Gasteiger partial charge in [0.25, 0.3) is 5.69 Å². The van der Waals surface area contributed by atoms with Gasteiger partial charge < -0.3 is 0 Å². The zero-order valence-electron chi connectivity index (χ0n) is 9.96. The first-order valence-corrected chi connectivity index (χ1v) is 6.97. The molecule has 1 heterocycles. The predicted molar refractivity (Wildman–Crippen MR) is 80.9 cm³/mol. The first-order valence-electron chi connectivity index (χ1n) is 5.37. The smallest absolute Gasteiger partial charge is 0.269 e. The summed E-state index contributed by atoms with van der Waals surface area (Å²) in [5.41, 5.74) is 4.50. The molecule has 0 saturated carbocycles. The van der Waals surface area contributed by atoms with Crippen molar-refractivity contribution in [1.29, 1.82) is 0 Å². The van der Waals surface area contributed by atoms with E-state index in [2.05, 4.69) is 26.5 Å². The molecular formula is C12H10BrN3O2S. The Labute approximate surface area is 122 Å². The second-order valence-corrected chi connectivity index (χ2v) is 6.18. The molecule has 0 radical (unpaired) electrons. The van der Waals surface area contributed by atoms with Crippen LogP contribution in [0.1, 0.15) is 11.8 Å². The van der Waals surface area contributed by atoms with E-state index in [1.165, 1.54) is 12.1 Å². The van der Waals surface area contributed by atoms with Gasteiger partial charge in [0.15, 0.2) is 0 Å². The zero-order valence-corrected chi connectivity index (χ0v) is 12.4. The van der Waals surface area contributed by atoms with E-state index in [1.54, 1.807) is 23.5 Å². The number of nitro groups is 1. The number of nitrogens with zero attached hydrogens (tertiary/aromatic N) is 2. The summed E-state index contributed by atoms with van der Waals surface area (Å²) in [7, 11) is 0. The van der Waals surface area contributed by atoms with Crippen molar-refractivity contribution >= 4 is 44.4 Å². The second-order valence-electron chi connectivity index (χ2n) is 3.72. The molecule has 0 bridgehead atoms. The Morgan fingerprint density at radius 1 is 1.32 bits per heavy atom. The molecule has 98 valence electrons. The third kappa shape index (κ3) is 3.62. The van der Waals surface area contributed by atoms with Gasteiger partial charge in [-0.2, -0.15) is 5.10 Å². The van der Waals surface area contributed by atoms with E-state index in [1.807, 2.05) is 19.1 Å². The summed E-state index contributed by atoms with van der Waals surface area (Å²) in [6.07, 6.45) is 0. The summed E-state index contributed by atoms with van der Waals surface area (Å²) in [4.78, 5) is 11.1. The molecule has 19 heavy (non-hydrogen) atoms. The van der Waals surface area contributed by atoms with E-state index in [4.69, 9.17) is 0 Å². The lowest BCUT2D eigenvalue weighted by molar-refractivity contribution is -0.384. The number of non-ortho nitro benzene ring substituents is 1. The fourth-order valence-electron chi connectivity index (χ4n) is 1.37. The van der Waals surface area contributed by atoms with Crippen LogP contribution < -0.4 is 5.43 Å². The topological polar surface area (TPSA) is 67.5 Å². The fraction of sp³-hybridized carbons (Fsp3) is 0.0833. The molecule has 1 aromatic heterocycles. The Morgan fingerprint density at radius 3 is 2.53 bits per heavy atom. The first kappa shape index (κ1) is 13.7. The summed E-state index contributed by atoms with van der Waals surface area (Å²) >= 11 is 4.99. The van der Waals surface area contributed by atoms with Crippen LogP contribution in [0.25, 0.3) is 0 Å². The average molecular weight is 340 g/mol. The maximum atomic E-state index is 10.5. The maximum Gasteiger partial charge on any atom is 0.269 e. The van der Waals surface area contributed by atoms with E-state index in [0.29, 0.717) is 5.69 Å². The lowest BCUT2D eigenvalue weighted by Gasteiger charge is -2.01. The Kier molecular flexibility index (Phi) is 4.28. The van der Waals surface area contributed by atoms with Gasteiger partial charge in [0.2, 0.25) is 0 Å². The fourth-order valence-corrected chi connectivity index (χ4v) is 2.70. The van der Waals surface area contributed by atoms with Crippen LogP contribution in [-0.4, -0.2) is 10.6 Å². The summed E-state index contributed by atoms with van der Waals surface area (Å²) in [6, 6.07) is 10.1. The molecule has 2 rings (SSSR count). The van der Waals surface area contributed by atoms with Crippen molar-refractivity contribution in [2.75, 3.05) is 5.43 Å². The number of anilines is 1. The van der Waals surface area contributed by atoms with Gasteiger partial charge in [0.05, 0.1) is 25.0 Å². The van der Waals surface area contributed by atoms with Crippen LogP contribution >= 0.6 is 27.3 Å². The number of rotatable bonds is 4. The summed E-state index contributed by atoms with van der Waals surface area (Å²) in [6.45, 7) is 1.90. The van der Waals surface area contributed by atoms with Crippen LogP contribution in [0.2, 0.25) is 0 Å². The van der Waals surface area contributed by atoms with Gasteiger partial charge >= 0.3 is 0 Å². The Morgan fingerprint density at radius 2 is 2.00 bits per heavy atom. The minimum Gasteiger partial charge on any atom is -0.278 e. The third-order valence-electron chi connectivity index (χ3n) is 2.36. The van der Waals surface area contributed by atoms with Crippen molar-refractivity contribution < 1.29 is 4.92 Å². The molecule has 2 aromatic rings. The van der Waals surface area contributed by atoms with Crippen molar-refractivity contribution in [3.8, 4) is 0 Å². The van der Waals surface area contributed by atoms with Crippen molar-refractivity contribution in [2.24, 2.45) is 5.10 Å². The number of hydrogen-bond acceptors (Lipinski definition) is 5. The van der Waals surface area contributed by atoms with Crippen molar-refractivity contribution in [1.82, 2.24) is 0 Å². The van der Waals surface area contributed by atoms with E-state index < -0.39 is 4.92 Å². The average Bonchev–Trinajstić information content (AvgIpc) is 2.83. The number of halogens is 1. The molecule has 0 aliphatic rings. The number of hydrazone groups is 1. The van der Waals surface area contributed by atoms with Gasteiger partial charge in [-0.25, -0.2) is 0 Å². The van der Waals surface area contributed by atoms with Gasteiger partial charge in [-0.3, -0.25) is 15.5 Å². The highest BCUT2D eigenvalue weighted by Gasteiger charge is 2.04. The van der Waals surface area contributed by atoms with Gasteiger partial charge in [0, 0.05) is 12.1 Å². The van der Waals surface area contributed by atoms with Crippen LogP contribution in [0.15, 0.2) is 45.3 Å². The molecule has 0 aliphatic heterocycles. The molecule has 1 aromatic carbocycles. The van der Waals surface area contributed by atoms with Gasteiger partial charge in [-0.1, -0.05) is 0 Å². The van der Waals surface area contributed by atoms with E-state index in [9.17, 15) is 10.1 Å². The van der Waals surface area contributed by atoms with Crippen LogP contribution in [0.5, 0.6) is 0 Å². The van der Waals surface area contributed by atoms with Crippen molar-refractivity contribution in [3.63, 3.8) is 0 Å². The molecule has 0 saturated heterocycles. The van der Waals surface area contributed by atoms with Crippen molar-refractivity contribution in [2.45, 2.75) is 6.92 Å². The molecular weight excluding hydrogens is 330 g/mol. The SMILES string of the molecule is C/C(=N\Nc1ccc([N+](=O)[O-])cc1)c1ccc(Br)s1. The van der Waals surface area contributed by atoms with Crippen LogP contribution in [-0.2, 0) is 0 Å². The highest BCUT2D eigenvalue weighted by Crippen LogP contribution is 2.23. The monoisotopic (exact) mass is 339 g/mol. The number of benzene rings is 1. The van der Waals surface area contributed by atoms with Crippen LogP contribution in [0.4, 0.5) is 11.4 Å². The quantitative estimate of drug-likeness (QED) is 0.514. The first-order chi connectivity index (χ1) is 9.06. The minimum absolute atomic E-state index is 0.0634. The number of thiophene rings is 1. The largest absolute Gasteiger partial charge is 0.278 e. The second kappa shape index (κ2) is 5.94. The zero-order chi connectivity index (χ0) is 13.8. The molecule has 0 unspecified atom stereocenters. The lowest BCUT2D eigenvalue weighted by Crippen LogP contribution is -1.97. The van der Waals surface area contributed by atoms with Gasteiger partial charge in [-0.15, -0.1) is 11.3 Å². The summed E-state index contributed by atoms with van der Waals surface area (Å²) in [5, 5.41) is 14.8.